The molecule has 1 fully saturated rings. The Balaban J connectivity index is 1.25. The van der Waals surface area contributed by atoms with Crippen molar-refractivity contribution in [2.75, 3.05) is 5.32 Å². The number of benzene rings is 1. The van der Waals surface area contributed by atoms with Gasteiger partial charge in [0.1, 0.15) is 11.5 Å². The van der Waals surface area contributed by atoms with Crippen molar-refractivity contribution in [3.05, 3.63) is 85.3 Å². The second kappa shape index (κ2) is 9.43. The quantitative estimate of drug-likeness (QED) is 0.223. The van der Waals surface area contributed by atoms with Crippen LogP contribution in [-0.4, -0.2) is 35.1 Å². The van der Waals surface area contributed by atoms with E-state index in [1.54, 1.807) is 43.0 Å². The predicted octanol–water partition coefficient (Wildman–Crippen LogP) is 6.88. The second-order valence-corrected chi connectivity index (χ2v) is 9.90. The number of rotatable bonds is 6. The molecule has 3 N–H and O–H groups in total. The molecule has 5 heterocycles. The number of nitrogens with zero attached hydrogens (tertiary/aromatic N) is 5. The van der Waals surface area contributed by atoms with E-state index in [4.69, 9.17) is 0 Å². The molecule has 39 heavy (non-hydrogen) atoms. The van der Waals surface area contributed by atoms with Crippen molar-refractivity contribution < 1.29 is 4.39 Å². The zero-order valence-corrected chi connectivity index (χ0v) is 21.1. The zero-order chi connectivity index (χ0) is 26.3. The Morgan fingerprint density at radius 2 is 1.87 bits per heavy atom. The summed E-state index contributed by atoms with van der Waals surface area (Å²) < 4.78 is 14.6. The van der Waals surface area contributed by atoms with Gasteiger partial charge in [-0.05, 0) is 43.0 Å². The summed E-state index contributed by atoms with van der Waals surface area (Å²) in [5.41, 5.74) is 7.27. The number of imidazole rings is 1. The molecule has 1 aliphatic carbocycles. The maximum Gasteiger partial charge on any atom is 0.178 e. The minimum Gasteiger partial charge on any atom is -0.358 e. The van der Waals surface area contributed by atoms with Crippen LogP contribution in [0.3, 0.4) is 0 Å². The summed E-state index contributed by atoms with van der Waals surface area (Å²) in [6.07, 6.45) is 11.9. The van der Waals surface area contributed by atoms with Gasteiger partial charge in [0.25, 0.3) is 0 Å². The first kappa shape index (κ1) is 23.2. The molecule has 0 atom stereocenters. The van der Waals surface area contributed by atoms with Crippen LogP contribution >= 0.6 is 0 Å². The molecule has 1 saturated carbocycles. The molecule has 0 radical (unpaired) electrons. The Hall–Kier alpha value is -4.92. The van der Waals surface area contributed by atoms with Gasteiger partial charge in [-0.1, -0.05) is 37.6 Å². The van der Waals surface area contributed by atoms with Crippen molar-refractivity contribution in [3.8, 4) is 33.9 Å². The van der Waals surface area contributed by atoms with E-state index in [2.05, 4.69) is 47.0 Å². The summed E-state index contributed by atoms with van der Waals surface area (Å²) >= 11 is 0. The maximum atomic E-state index is 14.6. The lowest BCUT2D eigenvalue weighted by atomic mass is 10.0. The van der Waals surface area contributed by atoms with Crippen LogP contribution in [0.2, 0.25) is 0 Å². The fourth-order valence-electron chi connectivity index (χ4n) is 5.39. The fourth-order valence-corrected chi connectivity index (χ4v) is 5.39. The van der Waals surface area contributed by atoms with Crippen LogP contribution in [0.1, 0.15) is 25.7 Å². The molecule has 0 saturated heterocycles. The van der Waals surface area contributed by atoms with Gasteiger partial charge in [-0.25, -0.2) is 14.4 Å². The smallest absolute Gasteiger partial charge is 0.178 e. The number of allylic oxidation sites excluding steroid dienone is 1. The highest BCUT2D eigenvalue weighted by molar-refractivity contribution is 5.96. The minimum absolute atomic E-state index is 0.306. The predicted molar refractivity (Wildman–Crippen MR) is 150 cm³/mol. The van der Waals surface area contributed by atoms with E-state index in [1.807, 2.05) is 18.2 Å². The topological polar surface area (TPSA) is 108 Å². The highest BCUT2D eigenvalue weighted by Crippen LogP contribution is 2.34. The lowest BCUT2D eigenvalue weighted by Gasteiger charge is -2.15. The third-order valence-electron chi connectivity index (χ3n) is 7.41. The van der Waals surface area contributed by atoms with Crippen molar-refractivity contribution in [1.82, 2.24) is 35.1 Å². The lowest BCUT2D eigenvalue weighted by Crippen LogP contribution is -2.07. The van der Waals surface area contributed by atoms with Crippen LogP contribution in [0, 0.1) is 11.7 Å². The number of nitrogens with one attached hydrogen (secondary N) is 3. The van der Waals surface area contributed by atoms with Gasteiger partial charge in [0.15, 0.2) is 11.5 Å². The van der Waals surface area contributed by atoms with Crippen molar-refractivity contribution in [1.29, 1.82) is 0 Å². The number of hydrogen-bond acceptors (Lipinski definition) is 6. The van der Waals surface area contributed by atoms with Gasteiger partial charge >= 0.3 is 0 Å². The SMILES string of the molecule is C=C(Nc1cncc(-c2cc3c(-c4nc5nccc(-c6ccccc6F)c5[nH]4)n[nH]c3cn2)c1)C1CCCC1. The van der Waals surface area contributed by atoms with Crippen molar-refractivity contribution >= 4 is 27.8 Å². The number of anilines is 1. The van der Waals surface area contributed by atoms with E-state index in [9.17, 15) is 4.39 Å². The summed E-state index contributed by atoms with van der Waals surface area (Å²) in [7, 11) is 0. The first-order chi connectivity index (χ1) is 19.1. The fraction of sp³-hybridized carbons (Fsp3) is 0.167. The lowest BCUT2D eigenvalue weighted by molar-refractivity contribution is 0.631. The van der Waals surface area contributed by atoms with Crippen LogP contribution in [0.4, 0.5) is 10.1 Å². The molecule has 192 valence electrons. The van der Waals surface area contributed by atoms with Crippen LogP contribution in [0.25, 0.3) is 56.0 Å². The number of hydrogen-bond donors (Lipinski definition) is 3. The van der Waals surface area contributed by atoms with Gasteiger partial charge in [-0.2, -0.15) is 5.10 Å². The summed E-state index contributed by atoms with van der Waals surface area (Å²) in [5, 5.41) is 11.9. The number of fused-ring (bicyclic) bond motifs is 2. The van der Waals surface area contributed by atoms with Gasteiger partial charge < -0.3 is 10.3 Å². The average molecular weight is 517 g/mol. The van der Waals surface area contributed by atoms with Crippen molar-refractivity contribution in [2.45, 2.75) is 25.7 Å². The summed E-state index contributed by atoms with van der Waals surface area (Å²) in [6, 6.07) is 12.5. The highest BCUT2D eigenvalue weighted by atomic mass is 19.1. The average Bonchev–Trinajstić information content (AvgIpc) is 3.73. The van der Waals surface area contributed by atoms with Gasteiger partial charge in [0.05, 0.1) is 34.8 Å². The van der Waals surface area contributed by atoms with Crippen LogP contribution in [-0.2, 0) is 0 Å². The van der Waals surface area contributed by atoms with E-state index in [0.717, 1.165) is 33.5 Å². The molecule has 7 rings (SSSR count). The molecule has 0 spiro atoms. The number of aromatic amines is 2. The number of pyridine rings is 3. The normalized spacial score (nSPS) is 13.9. The van der Waals surface area contributed by atoms with Crippen molar-refractivity contribution in [3.63, 3.8) is 0 Å². The Bertz CT molecular complexity index is 1850. The largest absolute Gasteiger partial charge is 0.358 e. The monoisotopic (exact) mass is 516 g/mol. The molecule has 6 aromatic rings. The third-order valence-corrected chi connectivity index (χ3v) is 7.41. The molecule has 1 aromatic carbocycles. The van der Waals surface area contributed by atoms with Crippen LogP contribution < -0.4 is 5.32 Å². The van der Waals surface area contributed by atoms with E-state index in [-0.39, 0.29) is 5.82 Å². The Kier molecular flexibility index (Phi) is 5.61. The Morgan fingerprint density at radius 3 is 2.74 bits per heavy atom. The molecule has 0 unspecified atom stereocenters. The van der Waals surface area contributed by atoms with Crippen LogP contribution in [0.15, 0.2) is 79.5 Å². The van der Waals surface area contributed by atoms with Gasteiger partial charge in [-0.15, -0.1) is 0 Å². The molecule has 5 aromatic heterocycles. The van der Waals surface area contributed by atoms with E-state index in [0.29, 0.717) is 39.7 Å². The first-order valence-corrected chi connectivity index (χ1v) is 13.0. The second-order valence-electron chi connectivity index (χ2n) is 9.90. The molecule has 0 amide bonds. The third kappa shape index (κ3) is 4.21. The van der Waals surface area contributed by atoms with Gasteiger partial charge in [0, 0.05) is 40.2 Å². The van der Waals surface area contributed by atoms with E-state index in [1.165, 1.54) is 31.7 Å². The molecular formula is C30H25FN8. The van der Waals surface area contributed by atoms with Gasteiger partial charge in [-0.3, -0.25) is 15.1 Å². The Labute approximate surface area is 223 Å². The number of H-pyrrole nitrogens is 2. The van der Waals surface area contributed by atoms with Crippen molar-refractivity contribution in [2.24, 2.45) is 5.92 Å². The maximum absolute atomic E-state index is 14.6. The van der Waals surface area contributed by atoms with E-state index < -0.39 is 0 Å². The number of halogens is 1. The van der Waals surface area contributed by atoms with Crippen LogP contribution in [0.5, 0.6) is 0 Å². The standard InChI is InChI=1S/C30H25FN8/c1-17(18-6-2-3-7-18)35-20-12-19(14-32-15-20)25-13-23-26(16-34-25)38-39-28(23)30-36-27-22(10-11-33-29(27)37-30)21-8-4-5-9-24(21)31/h4-5,8-16,18,35H,1-3,6-7H2,(H,38,39)(H,33,36,37). The van der Waals surface area contributed by atoms with E-state index >= 15 is 0 Å². The first-order valence-electron chi connectivity index (χ1n) is 13.0. The Morgan fingerprint density at radius 1 is 1.00 bits per heavy atom. The molecular weight excluding hydrogens is 491 g/mol. The zero-order valence-electron chi connectivity index (χ0n) is 21.1. The molecule has 8 nitrogen and oxygen atoms in total. The highest BCUT2D eigenvalue weighted by Gasteiger charge is 2.19. The molecule has 1 aliphatic rings. The number of aromatic nitrogens is 7. The summed E-state index contributed by atoms with van der Waals surface area (Å²) in [5.74, 6) is 0.735. The molecule has 0 aliphatic heterocycles. The molecule has 0 bridgehead atoms. The molecule has 9 heteroatoms. The summed E-state index contributed by atoms with van der Waals surface area (Å²) in [4.78, 5) is 21.5. The van der Waals surface area contributed by atoms with Gasteiger partial charge in [0.2, 0.25) is 0 Å². The minimum atomic E-state index is -0.306. The summed E-state index contributed by atoms with van der Waals surface area (Å²) in [6.45, 7) is 4.26.